The monoisotopic (exact) mass is 1150 g/mol. The van der Waals surface area contributed by atoms with Crippen molar-refractivity contribution in [2.75, 3.05) is 13.2 Å². The zero-order valence-electron chi connectivity index (χ0n) is 54.4. The molecule has 6 nitrogen and oxygen atoms in total. The Morgan fingerprint density at radius 1 is 0.253 bits per heavy atom. The van der Waals surface area contributed by atoms with Gasteiger partial charge in [0.25, 0.3) is 0 Å². The van der Waals surface area contributed by atoms with Crippen molar-refractivity contribution in [2.45, 2.75) is 335 Å². The predicted octanol–water partition coefficient (Wildman–Crippen LogP) is 24.3. The summed E-state index contributed by atoms with van der Waals surface area (Å²) < 4.78 is 16.9. The summed E-state index contributed by atoms with van der Waals surface area (Å²) in [6, 6.07) is 0. The first kappa shape index (κ1) is 78.8. The number of ether oxygens (including phenoxy) is 3. The molecule has 0 radical (unpaired) electrons. The van der Waals surface area contributed by atoms with E-state index in [9.17, 15) is 14.4 Å². The van der Waals surface area contributed by atoms with E-state index in [2.05, 4.69) is 142 Å². The van der Waals surface area contributed by atoms with Crippen LogP contribution in [-0.2, 0) is 28.6 Å². The molecule has 0 aromatic rings. The Morgan fingerprint density at radius 3 is 0.747 bits per heavy atom. The molecule has 0 aromatic heterocycles. The molecular formula is C77H130O6. The fraction of sp³-hybridized carbons (Fsp3) is 0.701. The van der Waals surface area contributed by atoms with Crippen molar-refractivity contribution < 1.29 is 28.6 Å². The lowest BCUT2D eigenvalue weighted by Gasteiger charge is -2.18. The molecule has 0 amide bonds. The third-order valence-electron chi connectivity index (χ3n) is 15.0. The van der Waals surface area contributed by atoms with Gasteiger partial charge in [-0.15, -0.1) is 0 Å². The quantitative estimate of drug-likeness (QED) is 0.0261. The Labute approximate surface area is 513 Å². The number of rotatable bonds is 63. The summed E-state index contributed by atoms with van der Waals surface area (Å²) in [4.78, 5) is 38.3. The molecule has 1 unspecified atom stereocenters. The number of carbonyl (C=O) groups excluding carboxylic acids is 3. The number of esters is 3. The average molecular weight is 1150 g/mol. The molecule has 0 spiro atoms. The van der Waals surface area contributed by atoms with Crippen molar-refractivity contribution in [2.24, 2.45) is 0 Å². The minimum atomic E-state index is -0.784. The van der Waals surface area contributed by atoms with Crippen LogP contribution in [0, 0.1) is 0 Å². The first-order valence-corrected chi connectivity index (χ1v) is 35.0. The highest BCUT2D eigenvalue weighted by Gasteiger charge is 2.19. The van der Waals surface area contributed by atoms with Crippen LogP contribution in [0.4, 0.5) is 0 Å². The molecule has 0 aromatic carbocycles. The lowest BCUT2D eigenvalue weighted by Crippen LogP contribution is -2.30. The van der Waals surface area contributed by atoms with E-state index >= 15 is 0 Å². The summed E-state index contributed by atoms with van der Waals surface area (Å²) in [5.41, 5.74) is 0. The smallest absolute Gasteiger partial charge is 0.306 e. The molecule has 0 bridgehead atoms. The van der Waals surface area contributed by atoms with E-state index in [-0.39, 0.29) is 31.1 Å². The summed E-state index contributed by atoms with van der Waals surface area (Å²) in [6.07, 6.45) is 98.0. The van der Waals surface area contributed by atoms with E-state index in [1.165, 1.54) is 167 Å². The number of hydrogen-bond donors (Lipinski definition) is 0. The first-order valence-electron chi connectivity index (χ1n) is 35.0. The van der Waals surface area contributed by atoms with Crippen LogP contribution in [0.3, 0.4) is 0 Å². The van der Waals surface area contributed by atoms with E-state index in [1.807, 2.05) is 0 Å². The fourth-order valence-electron chi connectivity index (χ4n) is 9.73. The number of hydrogen-bond acceptors (Lipinski definition) is 6. The van der Waals surface area contributed by atoms with Crippen LogP contribution in [0.5, 0.6) is 0 Å². The van der Waals surface area contributed by atoms with Gasteiger partial charge in [0, 0.05) is 19.3 Å². The lowest BCUT2D eigenvalue weighted by molar-refractivity contribution is -0.167. The molecule has 83 heavy (non-hydrogen) atoms. The molecule has 6 heteroatoms. The Morgan fingerprint density at radius 2 is 0.470 bits per heavy atom. The van der Waals surface area contributed by atoms with Gasteiger partial charge < -0.3 is 14.2 Å². The third-order valence-corrected chi connectivity index (χ3v) is 15.0. The van der Waals surface area contributed by atoms with Crippen LogP contribution >= 0.6 is 0 Å². The van der Waals surface area contributed by atoms with Gasteiger partial charge in [0.05, 0.1) is 0 Å². The van der Waals surface area contributed by atoms with Gasteiger partial charge in [0.1, 0.15) is 13.2 Å². The van der Waals surface area contributed by atoms with Gasteiger partial charge in [-0.2, -0.15) is 0 Å². The van der Waals surface area contributed by atoms with Crippen LogP contribution < -0.4 is 0 Å². The maximum absolute atomic E-state index is 12.9. The van der Waals surface area contributed by atoms with Gasteiger partial charge in [-0.05, 0) is 116 Å². The fourth-order valence-corrected chi connectivity index (χ4v) is 9.73. The van der Waals surface area contributed by atoms with E-state index in [1.54, 1.807) is 0 Å². The van der Waals surface area contributed by atoms with Crippen molar-refractivity contribution in [3.63, 3.8) is 0 Å². The predicted molar refractivity (Wildman–Crippen MR) is 362 cm³/mol. The van der Waals surface area contributed by atoms with E-state index in [0.717, 1.165) is 122 Å². The highest BCUT2D eigenvalue weighted by atomic mass is 16.6. The molecule has 0 heterocycles. The van der Waals surface area contributed by atoms with Crippen LogP contribution in [0.2, 0.25) is 0 Å². The number of carbonyl (C=O) groups is 3. The molecule has 0 rings (SSSR count). The van der Waals surface area contributed by atoms with Gasteiger partial charge in [0.15, 0.2) is 6.10 Å². The molecule has 0 saturated heterocycles. The average Bonchev–Trinajstić information content (AvgIpc) is 3.49. The topological polar surface area (TPSA) is 78.9 Å². The van der Waals surface area contributed by atoms with E-state index in [4.69, 9.17) is 14.2 Å². The lowest BCUT2D eigenvalue weighted by atomic mass is 10.1. The highest BCUT2D eigenvalue weighted by Crippen LogP contribution is 2.16. The molecular weight excluding hydrogens is 1020 g/mol. The summed E-state index contributed by atoms with van der Waals surface area (Å²) >= 11 is 0. The zero-order chi connectivity index (χ0) is 59.9. The van der Waals surface area contributed by atoms with Crippen molar-refractivity contribution in [3.05, 3.63) is 122 Å². The molecule has 0 N–H and O–H groups in total. The second kappa shape index (κ2) is 70.3. The molecule has 474 valence electrons. The maximum atomic E-state index is 12.9. The summed E-state index contributed by atoms with van der Waals surface area (Å²) in [5.74, 6) is -0.887. The molecule has 0 aliphatic heterocycles. The maximum Gasteiger partial charge on any atom is 0.306 e. The summed E-state index contributed by atoms with van der Waals surface area (Å²) in [6.45, 7) is 6.52. The van der Waals surface area contributed by atoms with Gasteiger partial charge in [0.2, 0.25) is 0 Å². The molecule has 1 atom stereocenters. The minimum Gasteiger partial charge on any atom is -0.462 e. The second-order valence-corrected chi connectivity index (χ2v) is 23.1. The largest absolute Gasteiger partial charge is 0.462 e. The SMILES string of the molecule is CC/C=C\C/C=C\C/C=C\C/C=C\C/C=C\C/C=C\C/C=C\C/C=C\C/C=C\CCCCCCCCCC(=O)OCC(COC(=O)CCCCCCCCCCC)OC(=O)CCCCCCCCCCC/C=C\CCCCCCCCCC. The summed E-state index contributed by atoms with van der Waals surface area (Å²) in [5, 5.41) is 0. The third kappa shape index (κ3) is 68.5. The zero-order valence-corrected chi connectivity index (χ0v) is 54.4. The Kier molecular flexibility index (Phi) is 66.7. The van der Waals surface area contributed by atoms with Crippen LogP contribution in [0.15, 0.2) is 122 Å². The van der Waals surface area contributed by atoms with E-state index in [0.29, 0.717) is 19.3 Å². The van der Waals surface area contributed by atoms with Crippen LogP contribution in [-0.4, -0.2) is 37.2 Å². The van der Waals surface area contributed by atoms with Gasteiger partial charge in [-0.25, -0.2) is 0 Å². The minimum absolute atomic E-state index is 0.0805. The van der Waals surface area contributed by atoms with Crippen molar-refractivity contribution >= 4 is 17.9 Å². The van der Waals surface area contributed by atoms with E-state index < -0.39 is 6.10 Å². The standard InChI is InChI=1S/C77H130O6/c1-4-7-10-13-16-19-21-23-25-27-29-31-32-33-34-35-36-37-38-39-40-41-42-43-44-46-47-49-51-53-55-58-61-64-67-70-76(79)82-73-74(72-81-75(78)69-66-63-60-57-18-15-12-9-6-3)83-77(80)71-68-65-62-59-56-54-52-50-48-45-30-28-26-24-22-20-17-14-11-8-5-2/h7,10,16,19,23,25,28-31,33-34,36-37,39-40,42-43,46-47,74H,4-6,8-9,11-15,17-18,20-22,24,26-27,32,35,38,41,44-45,48-73H2,1-3H3/b10-7-,19-16-,25-23-,30-28-,31-29-,34-33-,37-36-,40-39-,43-42-,47-46-. The molecule has 0 aliphatic rings. The van der Waals surface area contributed by atoms with Gasteiger partial charge in [-0.1, -0.05) is 316 Å². The van der Waals surface area contributed by atoms with Crippen LogP contribution in [0.1, 0.15) is 329 Å². The second-order valence-electron chi connectivity index (χ2n) is 23.1. The van der Waals surface area contributed by atoms with Gasteiger partial charge in [-0.3, -0.25) is 14.4 Å². The Balaban J connectivity index is 4.20. The van der Waals surface area contributed by atoms with Crippen molar-refractivity contribution in [3.8, 4) is 0 Å². The molecule has 0 aliphatic carbocycles. The van der Waals surface area contributed by atoms with Crippen molar-refractivity contribution in [1.82, 2.24) is 0 Å². The highest BCUT2D eigenvalue weighted by molar-refractivity contribution is 5.71. The molecule has 0 fully saturated rings. The normalized spacial score (nSPS) is 12.9. The van der Waals surface area contributed by atoms with Crippen molar-refractivity contribution in [1.29, 1.82) is 0 Å². The van der Waals surface area contributed by atoms with Gasteiger partial charge >= 0.3 is 17.9 Å². The first-order chi connectivity index (χ1) is 41.0. The van der Waals surface area contributed by atoms with Crippen LogP contribution in [0.25, 0.3) is 0 Å². The Bertz CT molecular complexity index is 1700. The Hall–Kier alpha value is -4.19. The summed E-state index contributed by atoms with van der Waals surface area (Å²) in [7, 11) is 0. The molecule has 0 saturated carbocycles. The number of allylic oxidation sites excluding steroid dienone is 20. The number of unbranched alkanes of at least 4 members (excludes halogenated alkanes) is 32.